The van der Waals surface area contributed by atoms with Crippen LogP contribution >= 0.6 is 0 Å². The maximum Gasteiger partial charge on any atom is 0.433 e. The summed E-state index contributed by atoms with van der Waals surface area (Å²) in [7, 11) is 0. The predicted octanol–water partition coefficient (Wildman–Crippen LogP) is 1.34. The minimum atomic E-state index is -4.56. The normalized spacial score (nSPS) is 18.8. The zero-order chi connectivity index (χ0) is 16.6. The number of hydrogen-bond donors (Lipinski definition) is 1. The van der Waals surface area contributed by atoms with Crippen molar-refractivity contribution in [1.82, 2.24) is 25.3 Å². The summed E-state index contributed by atoms with van der Waals surface area (Å²) in [5, 5.41) is 9.69. The van der Waals surface area contributed by atoms with Crippen molar-refractivity contribution >= 4 is 11.8 Å². The van der Waals surface area contributed by atoms with E-state index < -0.39 is 23.8 Å². The zero-order valence-electron chi connectivity index (χ0n) is 11.5. The van der Waals surface area contributed by atoms with Crippen molar-refractivity contribution in [3.8, 4) is 11.4 Å². The van der Waals surface area contributed by atoms with E-state index in [0.29, 0.717) is 0 Å². The number of nitrogens with one attached hydrogen (secondary N) is 1. The van der Waals surface area contributed by atoms with E-state index in [9.17, 15) is 22.8 Å². The lowest BCUT2D eigenvalue weighted by Gasteiger charge is -2.20. The molecule has 1 atom stereocenters. The predicted molar refractivity (Wildman–Crippen MR) is 69.7 cm³/mol. The van der Waals surface area contributed by atoms with Crippen molar-refractivity contribution in [2.75, 3.05) is 0 Å². The molecule has 1 aliphatic heterocycles. The van der Waals surface area contributed by atoms with Gasteiger partial charge in [0.1, 0.15) is 17.4 Å². The van der Waals surface area contributed by atoms with Crippen molar-refractivity contribution in [2.45, 2.75) is 25.1 Å². The van der Waals surface area contributed by atoms with Crippen molar-refractivity contribution in [2.24, 2.45) is 0 Å². The zero-order valence-corrected chi connectivity index (χ0v) is 11.5. The SMILES string of the molecule is O=C1CCC(n2cc(-c3cccc(C(F)(F)F)n3)nn2)C(=O)N1. The molecule has 3 heterocycles. The van der Waals surface area contributed by atoms with Gasteiger partial charge in [0.2, 0.25) is 5.91 Å². The van der Waals surface area contributed by atoms with Crippen LogP contribution in [0.15, 0.2) is 24.4 Å². The standard InChI is InChI=1S/C13H10F3N5O2/c14-13(15,16)10-3-1-2-7(17-10)8-6-21(20-19-8)9-4-5-11(22)18-12(9)23/h1-3,6,9H,4-5H2,(H,18,22,23). The molecule has 0 spiro atoms. The fourth-order valence-corrected chi connectivity index (χ4v) is 2.22. The summed E-state index contributed by atoms with van der Waals surface area (Å²) in [6, 6.07) is 2.72. The fourth-order valence-electron chi connectivity index (χ4n) is 2.22. The van der Waals surface area contributed by atoms with Gasteiger partial charge >= 0.3 is 6.18 Å². The van der Waals surface area contributed by atoms with Crippen molar-refractivity contribution in [3.05, 3.63) is 30.1 Å². The van der Waals surface area contributed by atoms with Gasteiger partial charge in [-0.05, 0) is 18.6 Å². The number of carbonyl (C=O) groups is 2. The highest BCUT2D eigenvalue weighted by Crippen LogP contribution is 2.29. The van der Waals surface area contributed by atoms with E-state index in [4.69, 9.17) is 0 Å². The van der Waals surface area contributed by atoms with Crippen molar-refractivity contribution in [1.29, 1.82) is 0 Å². The third-order valence-electron chi connectivity index (χ3n) is 3.34. The lowest BCUT2D eigenvalue weighted by Crippen LogP contribution is -2.41. The van der Waals surface area contributed by atoms with Crippen LogP contribution in [-0.2, 0) is 15.8 Å². The molecule has 0 aliphatic carbocycles. The molecule has 2 amide bonds. The van der Waals surface area contributed by atoms with Crippen LogP contribution in [0.3, 0.4) is 0 Å². The van der Waals surface area contributed by atoms with E-state index in [1.54, 1.807) is 0 Å². The van der Waals surface area contributed by atoms with Crippen LogP contribution in [0.2, 0.25) is 0 Å². The first-order valence-electron chi connectivity index (χ1n) is 6.65. The second-order valence-electron chi connectivity index (χ2n) is 4.96. The fraction of sp³-hybridized carbons (Fsp3) is 0.308. The highest BCUT2D eigenvalue weighted by Gasteiger charge is 2.33. The summed E-state index contributed by atoms with van der Waals surface area (Å²) >= 11 is 0. The van der Waals surface area contributed by atoms with Crippen LogP contribution in [0.4, 0.5) is 13.2 Å². The number of pyridine rings is 1. The molecule has 23 heavy (non-hydrogen) atoms. The average Bonchev–Trinajstić information content (AvgIpc) is 2.96. The summed E-state index contributed by atoms with van der Waals surface area (Å²) in [5.74, 6) is -0.888. The molecule has 1 fully saturated rings. The molecule has 0 saturated carbocycles. The van der Waals surface area contributed by atoms with E-state index in [1.165, 1.54) is 23.0 Å². The number of hydrogen-bond acceptors (Lipinski definition) is 5. The summed E-state index contributed by atoms with van der Waals surface area (Å²) in [4.78, 5) is 26.4. The largest absolute Gasteiger partial charge is 0.433 e. The highest BCUT2D eigenvalue weighted by molar-refractivity contribution is 5.99. The number of nitrogens with zero attached hydrogens (tertiary/aromatic N) is 4. The van der Waals surface area contributed by atoms with Gasteiger partial charge in [0.25, 0.3) is 5.91 Å². The van der Waals surface area contributed by atoms with Crippen LogP contribution in [0.5, 0.6) is 0 Å². The van der Waals surface area contributed by atoms with E-state index in [2.05, 4.69) is 20.6 Å². The van der Waals surface area contributed by atoms with Gasteiger partial charge in [0.05, 0.1) is 11.9 Å². The van der Waals surface area contributed by atoms with Crippen LogP contribution in [0.25, 0.3) is 11.4 Å². The van der Waals surface area contributed by atoms with Crippen molar-refractivity contribution < 1.29 is 22.8 Å². The molecule has 0 radical (unpaired) electrons. The molecule has 1 unspecified atom stereocenters. The number of amides is 2. The van der Waals surface area contributed by atoms with Gasteiger partial charge in [-0.2, -0.15) is 13.2 Å². The molecule has 7 nitrogen and oxygen atoms in total. The Morgan fingerprint density at radius 3 is 2.70 bits per heavy atom. The third-order valence-corrected chi connectivity index (χ3v) is 3.34. The molecule has 3 rings (SSSR count). The minimum absolute atomic E-state index is 0.00151. The molecule has 1 aliphatic rings. The number of imide groups is 1. The first kappa shape index (κ1) is 15.1. The number of piperidine rings is 1. The molecule has 2 aromatic rings. The Kier molecular flexibility index (Phi) is 3.58. The van der Waals surface area contributed by atoms with Gasteiger partial charge in [0.15, 0.2) is 0 Å². The molecular weight excluding hydrogens is 315 g/mol. The molecule has 1 saturated heterocycles. The molecule has 0 bridgehead atoms. The number of alkyl halides is 3. The van der Waals surface area contributed by atoms with Gasteiger partial charge in [0, 0.05) is 6.42 Å². The van der Waals surface area contributed by atoms with Gasteiger partial charge < -0.3 is 0 Å². The molecule has 120 valence electrons. The Morgan fingerprint density at radius 1 is 1.22 bits per heavy atom. The number of halogens is 3. The minimum Gasteiger partial charge on any atom is -0.295 e. The summed E-state index contributed by atoms with van der Waals surface area (Å²) in [5.41, 5.74) is -0.926. The van der Waals surface area contributed by atoms with Crippen LogP contribution in [0, 0.1) is 0 Å². The number of rotatable bonds is 2. The maximum absolute atomic E-state index is 12.7. The number of carbonyl (C=O) groups excluding carboxylic acids is 2. The highest BCUT2D eigenvalue weighted by atomic mass is 19.4. The van der Waals surface area contributed by atoms with E-state index in [1.807, 2.05) is 0 Å². The lowest BCUT2D eigenvalue weighted by atomic mass is 10.1. The summed E-state index contributed by atoms with van der Waals surface area (Å²) in [6.45, 7) is 0. The first-order valence-corrected chi connectivity index (χ1v) is 6.65. The average molecular weight is 325 g/mol. The number of aromatic nitrogens is 4. The second-order valence-corrected chi connectivity index (χ2v) is 4.96. The molecular formula is C13H10F3N5O2. The Bertz CT molecular complexity index is 771. The topological polar surface area (TPSA) is 89.8 Å². The van der Waals surface area contributed by atoms with Gasteiger partial charge in [-0.3, -0.25) is 14.9 Å². The van der Waals surface area contributed by atoms with Crippen LogP contribution in [0.1, 0.15) is 24.6 Å². The Hall–Kier alpha value is -2.78. The Morgan fingerprint density at radius 2 is 2.00 bits per heavy atom. The van der Waals surface area contributed by atoms with E-state index in [0.717, 1.165) is 6.07 Å². The van der Waals surface area contributed by atoms with E-state index in [-0.39, 0.29) is 30.1 Å². The summed E-state index contributed by atoms with van der Waals surface area (Å²) < 4.78 is 39.3. The quantitative estimate of drug-likeness (QED) is 0.842. The van der Waals surface area contributed by atoms with Crippen molar-refractivity contribution in [3.63, 3.8) is 0 Å². The second kappa shape index (κ2) is 5.45. The van der Waals surface area contributed by atoms with Gasteiger partial charge in [-0.25, -0.2) is 9.67 Å². The summed E-state index contributed by atoms with van der Waals surface area (Å²) in [6.07, 6.45) is -2.81. The lowest BCUT2D eigenvalue weighted by molar-refractivity contribution is -0.141. The molecule has 1 N–H and O–H groups in total. The van der Waals surface area contributed by atoms with Crippen LogP contribution in [-0.4, -0.2) is 31.8 Å². The smallest absolute Gasteiger partial charge is 0.295 e. The molecule has 0 aromatic carbocycles. The Labute approximate surface area is 127 Å². The maximum atomic E-state index is 12.7. The third kappa shape index (κ3) is 3.05. The molecule has 10 heteroatoms. The van der Waals surface area contributed by atoms with E-state index >= 15 is 0 Å². The monoisotopic (exact) mass is 325 g/mol. The van der Waals surface area contributed by atoms with Gasteiger partial charge in [-0.15, -0.1) is 5.10 Å². The Balaban J connectivity index is 1.88. The van der Waals surface area contributed by atoms with Gasteiger partial charge in [-0.1, -0.05) is 11.3 Å². The molecule has 2 aromatic heterocycles. The van der Waals surface area contributed by atoms with Crippen LogP contribution < -0.4 is 5.32 Å². The first-order chi connectivity index (χ1) is 10.8.